The number of likely N-dealkylation sites (tertiary alicyclic amines) is 1. The van der Waals surface area contributed by atoms with Gasteiger partial charge < -0.3 is 19.9 Å². The molecule has 0 radical (unpaired) electrons. The minimum atomic E-state index is -4.48. The molecule has 0 saturated carbocycles. The lowest BCUT2D eigenvalue weighted by Gasteiger charge is -2.38. The van der Waals surface area contributed by atoms with E-state index in [2.05, 4.69) is 27.3 Å². The van der Waals surface area contributed by atoms with E-state index in [0.29, 0.717) is 6.54 Å². The molecule has 0 aliphatic carbocycles. The molecule has 4 rings (SSSR count). The number of hydrogen-bond acceptors (Lipinski definition) is 4. The highest BCUT2D eigenvalue weighted by Gasteiger charge is 2.31. The molecule has 2 heterocycles. The fourth-order valence-electron chi connectivity index (χ4n) is 4.56. The maximum Gasteiger partial charge on any atom is 0.416 e. The number of nitrogens with zero attached hydrogens (tertiary/aromatic N) is 3. The van der Waals surface area contributed by atoms with Crippen LogP contribution in [0.25, 0.3) is 0 Å². The van der Waals surface area contributed by atoms with Crippen LogP contribution < -0.4 is 10.1 Å². The Morgan fingerprint density at radius 1 is 1.08 bits per heavy atom. The third kappa shape index (κ3) is 7.45. The van der Waals surface area contributed by atoms with Gasteiger partial charge in [0.25, 0.3) is 0 Å². The summed E-state index contributed by atoms with van der Waals surface area (Å²) in [5, 5.41) is 2.68. The van der Waals surface area contributed by atoms with Crippen molar-refractivity contribution in [1.29, 1.82) is 0 Å². The molecule has 1 N–H and O–H groups in total. The molecule has 0 atom stereocenters. The summed E-state index contributed by atoms with van der Waals surface area (Å²) >= 11 is 0. The summed E-state index contributed by atoms with van der Waals surface area (Å²) in [6.07, 6.45) is 1.36. The minimum absolute atomic E-state index is 0.0387. The highest BCUT2D eigenvalue weighted by atomic mass is 19.4. The quantitative estimate of drug-likeness (QED) is 0.411. The van der Waals surface area contributed by atoms with E-state index >= 15 is 0 Å². The molecule has 0 unspecified atom stereocenters. The molecule has 1 saturated heterocycles. The number of nitrogens with one attached hydrogen (secondary N) is 1. The summed E-state index contributed by atoms with van der Waals surface area (Å²) in [6, 6.07) is 16.0. The third-order valence-corrected chi connectivity index (χ3v) is 6.65. The van der Waals surface area contributed by atoms with Crippen molar-refractivity contribution < 1.29 is 22.7 Å². The summed E-state index contributed by atoms with van der Waals surface area (Å²) < 4.78 is 44.6. The van der Waals surface area contributed by atoms with Gasteiger partial charge in [-0.25, -0.2) is 4.79 Å². The van der Waals surface area contributed by atoms with Crippen LogP contribution in [0.3, 0.4) is 0 Å². The second-order valence-corrected chi connectivity index (χ2v) is 9.17. The summed E-state index contributed by atoms with van der Waals surface area (Å²) in [5.74, 6) is 0.835. The average Bonchev–Trinajstić information content (AvgIpc) is 2.91. The van der Waals surface area contributed by atoms with Crippen molar-refractivity contribution in [1.82, 2.24) is 14.8 Å². The SMILES string of the molecule is COc1ccc(CCN2CCC(N(Cc3cccnc3)C(=O)Nc3cccc(C(F)(F)F)c3)CC2)cc1. The van der Waals surface area contributed by atoms with E-state index in [0.717, 1.165) is 62.3 Å². The maximum absolute atomic E-state index is 13.3. The molecular formula is C28H31F3N4O2. The van der Waals surface area contributed by atoms with Gasteiger partial charge in [0, 0.05) is 50.3 Å². The maximum atomic E-state index is 13.3. The summed E-state index contributed by atoms with van der Waals surface area (Å²) in [7, 11) is 1.65. The summed E-state index contributed by atoms with van der Waals surface area (Å²) in [6.45, 7) is 2.91. The van der Waals surface area contributed by atoms with Crippen molar-refractivity contribution in [2.75, 3.05) is 32.1 Å². The van der Waals surface area contributed by atoms with Crippen molar-refractivity contribution >= 4 is 11.7 Å². The number of methoxy groups -OCH3 is 1. The molecular weight excluding hydrogens is 481 g/mol. The number of pyridine rings is 1. The molecule has 37 heavy (non-hydrogen) atoms. The molecule has 9 heteroatoms. The van der Waals surface area contributed by atoms with E-state index in [1.165, 1.54) is 17.7 Å². The van der Waals surface area contributed by atoms with Crippen molar-refractivity contribution in [2.24, 2.45) is 0 Å². The first kappa shape index (κ1) is 26.5. The predicted octanol–water partition coefficient (Wildman–Crippen LogP) is 5.85. The number of benzene rings is 2. The van der Waals surface area contributed by atoms with Crippen LogP contribution in [0.2, 0.25) is 0 Å². The number of aromatic nitrogens is 1. The minimum Gasteiger partial charge on any atom is -0.497 e. The van der Waals surface area contributed by atoms with Crippen LogP contribution in [0, 0.1) is 0 Å². The lowest BCUT2D eigenvalue weighted by molar-refractivity contribution is -0.137. The highest BCUT2D eigenvalue weighted by Crippen LogP contribution is 2.31. The second-order valence-electron chi connectivity index (χ2n) is 9.17. The van der Waals surface area contributed by atoms with Gasteiger partial charge >= 0.3 is 12.2 Å². The van der Waals surface area contributed by atoms with Gasteiger partial charge in [-0.05, 0) is 66.8 Å². The number of halogens is 3. The Balaban J connectivity index is 1.39. The number of ether oxygens (including phenoxy) is 1. The van der Waals surface area contributed by atoms with E-state index in [9.17, 15) is 18.0 Å². The van der Waals surface area contributed by atoms with Crippen molar-refractivity contribution in [3.05, 3.63) is 89.7 Å². The highest BCUT2D eigenvalue weighted by molar-refractivity contribution is 5.89. The van der Waals surface area contributed by atoms with Gasteiger partial charge in [-0.1, -0.05) is 24.3 Å². The molecule has 1 aromatic heterocycles. The molecule has 0 spiro atoms. The van der Waals surface area contributed by atoms with Gasteiger partial charge in [0.05, 0.1) is 12.7 Å². The van der Waals surface area contributed by atoms with Gasteiger partial charge in [0.1, 0.15) is 5.75 Å². The number of urea groups is 1. The zero-order valence-corrected chi connectivity index (χ0v) is 20.7. The van der Waals surface area contributed by atoms with Crippen LogP contribution in [0.1, 0.15) is 29.5 Å². The van der Waals surface area contributed by atoms with Crippen molar-refractivity contribution in [2.45, 2.75) is 38.0 Å². The molecule has 0 bridgehead atoms. The Kier molecular flexibility index (Phi) is 8.66. The van der Waals surface area contributed by atoms with Crippen molar-refractivity contribution in [3.63, 3.8) is 0 Å². The first-order chi connectivity index (χ1) is 17.8. The average molecular weight is 513 g/mol. The fraction of sp³-hybridized carbons (Fsp3) is 0.357. The van der Waals surface area contributed by atoms with E-state index in [-0.39, 0.29) is 11.7 Å². The van der Waals surface area contributed by atoms with E-state index < -0.39 is 17.8 Å². The van der Waals surface area contributed by atoms with Gasteiger partial charge in [-0.15, -0.1) is 0 Å². The number of hydrogen-bond donors (Lipinski definition) is 1. The molecule has 1 aliphatic rings. The molecule has 2 aromatic carbocycles. The third-order valence-electron chi connectivity index (χ3n) is 6.65. The van der Waals surface area contributed by atoms with Crippen LogP contribution >= 0.6 is 0 Å². The largest absolute Gasteiger partial charge is 0.497 e. The number of carbonyl (C=O) groups excluding carboxylic acids is 1. The fourth-order valence-corrected chi connectivity index (χ4v) is 4.56. The van der Waals surface area contributed by atoms with E-state index in [4.69, 9.17) is 4.74 Å². The first-order valence-electron chi connectivity index (χ1n) is 12.3. The number of alkyl halides is 3. The van der Waals surface area contributed by atoms with E-state index in [1.54, 1.807) is 30.5 Å². The van der Waals surface area contributed by atoms with Crippen LogP contribution in [-0.2, 0) is 19.1 Å². The number of amides is 2. The standard InChI is InChI=1S/C28H31F3N4O2/c1-37-26-9-7-21(8-10-26)11-15-34-16-12-25(13-17-34)35(20-22-4-3-14-32-19-22)27(36)33-24-6-2-5-23(18-24)28(29,30)31/h2-10,14,18-19,25H,11-13,15-17,20H2,1H3,(H,33,36). The predicted molar refractivity (Wildman–Crippen MR) is 136 cm³/mol. The number of carbonyl (C=O) groups is 1. The first-order valence-corrected chi connectivity index (χ1v) is 12.3. The Bertz CT molecular complexity index is 1150. The van der Waals surface area contributed by atoms with Gasteiger partial charge in [0.2, 0.25) is 0 Å². The Hall–Kier alpha value is -3.59. The number of piperidine rings is 1. The van der Waals surface area contributed by atoms with Crippen LogP contribution in [0.15, 0.2) is 73.1 Å². The Morgan fingerprint density at radius 3 is 2.49 bits per heavy atom. The molecule has 1 fully saturated rings. The van der Waals surface area contributed by atoms with Crippen LogP contribution in [-0.4, -0.2) is 53.6 Å². The molecule has 3 aromatic rings. The number of rotatable bonds is 8. The zero-order valence-electron chi connectivity index (χ0n) is 20.7. The van der Waals surface area contributed by atoms with Crippen molar-refractivity contribution in [3.8, 4) is 5.75 Å². The smallest absolute Gasteiger partial charge is 0.416 e. The Morgan fingerprint density at radius 2 is 1.84 bits per heavy atom. The zero-order chi connectivity index (χ0) is 26.3. The monoisotopic (exact) mass is 512 g/mol. The van der Waals surface area contributed by atoms with Gasteiger partial charge in [0.15, 0.2) is 0 Å². The second kappa shape index (κ2) is 12.1. The van der Waals surface area contributed by atoms with Gasteiger partial charge in [-0.3, -0.25) is 4.98 Å². The van der Waals surface area contributed by atoms with E-state index in [1.807, 2.05) is 18.2 Å². The van der Waals surface area contributed by atoms with Crippen LogP contribution in [0.4, 0.5) is 23.7 Å². The van der Waals surface area contributed by atoms with Gasteiger partial charge in [-0.2, -0.15) is 13.2 Å². The Labute approximate surface area is 215 Å². The molecule has 6 nitrogen and oxygen atoms in total. The molecule has 2 amide bonds. The van der Waals surface area contributed by atoms with Crippen LogP contribution in [0.5, 0.6) is 5.75 Å². The molecule has 196 valence electrons. The normalized spacial score (nSPS) is 14.8. The summed E-state index contributed by atoms with van der Waals surface area (Å²) in [5.41, 5.74) is 1.42. The summed E-state index contributed by atoms with van der Waals surface area (Å²) in [4.78, 5) is 21.6. The lowest BCUT2D eigenvalue weighted by atomic mass is 10.0. The lowest BCUT2D eigenvalue weighted by Crippen LogP contribution is -2.48. The number of anilines is 1. The topological polar surface area (TPSA) is 57.7 Å². The molecule has 1 aliphatic heterocycles.